The Morgan fingerprint density at radius 1 is 0.717 bits per heavy atom. The minimum Gasteiger partial charge on any atom is -0.481 e. The summed E-state index contributed by atoms with van der Waals surface area (Å²) in [5, 5.41) is 21.6. The summed E-state index contributed by atoms with van der Waals surface area (Å²) in [6.45, 7) is 2.83. The van der Waals surface area contributed by atoms with Crippen LogP contribution in [0.4, 0.5) is 0 Å². The highest BCUT2D eigenvalue weighted by Crippen LogP contribution is 2.09. The molecular weight excluding hydrogens is 596 g/mol. The van der Waals surface area contributed by atoms with Crippen molar-refractivity contribution in [2.24, 2.45) is 11.7 Å². The molecule has 4 atom stereocenters. The van der Waals surface area contributed by atoms with Crippen LogP contribution < -0.4 is 32.3 Å². The summed E-state index contributed by atoms with van der Waals surface area (Å²) in [6.07, 6.45) is 0.0221. The summed E-state index contributed by atoms with van der Waals surface area (Å²) in [6, 6.07) is 13.1. The van der Waals surface area contributed by atoms with Crippen molar-refractivity contribution in [1.82, 2.24) is 26.6 Å². The van der Waals surface area contributed by atoms with Gasteiger partial charge in [0.25, 0.3) is 0 Å². The Kier molecular flexibility index (Phi) is 15.6. The van der Waals surface area contributed by atoms with Crippen LogP contribution in [-0.2, 0) is 46.4 Å². The van der Waals surface area contributed by atoms with Crippen LogP contribution in [0.3, 0.4) is 0 Å². The molecule has 0 heterocycles. The smallest absolute Gasteiger partial charge is 0.305 e. The summed E-state index contributed by atoms with van der Waals surface area (Å²) >= 11 is 0. The van der Waals surface area contributed by atoms with Gasteiger partial charge in [-0.2, -0.15) is 0 Å². The van der Waals surface area contributed by atoms with Gasteiger partial charge in [0.2, 0.25) is 29.5 Å². The molecule has 248 valence electrons. The standard InChI is InChI=1S/C32H42N6O8/c1-20(2)13-24(37-28(41)18-34-30(44)25(36-27(40)17-33)14-21-9-5-3-6-10-21)32(46)38-26(15-22-11-7-4-8-12-22)31(45)35-23(19-39)16-29(42)43/h3-12,19-20,23-26H,13-18,33H2,1-2H3,(H,34,44)(H,35,45)(H,36,40)(H,37,41)(H,38,46)(H,42,43)/t23-,24-,25-,26-/m0/s1. The maximum absolute atomic E-state index is 13.4. The number of benzene rings is 2. The third-order valence-corrected chi connectivity index (χ3v) is 6.70. The molecule has 0 unspecified atom stereocenters. The Morgan fingerprint density at radius 2 is 1.22 bits per heavy atom. The number of carbonyl (C=O) groups is 7. The largest absolute Gasteiger partial charge is 0.481 e. The van der Waals surface area contributed by atoms with Gasteiger partial charge < -0.3 is 42.2 Å². The van der Waals surface area contributed by atoms with Gasteiger partial charge >= 0.3 is 5.97 Å². The molecule has 14 nitrogen and oxygen atoms in total. The third-order valence-electron chi connectivity index (χ3n) is 6.70. The summed E-state index contributed by atoms with van der Waals surface area (Å²) in [7, 11) is 0. The van der Waals surface area contributed by atoms with Crippen molar-refractivity contribution in [1.29, 1.82) is 0 Å². The fourth-order valence-corrected chi connectivity index (χ4v) is 4.49. The molecule has 0 radical (unpaired) electrons. The summed E-state index contributed by atoms with van der Waals surface area (Å²) in [4.78, 5) is 86.8. The number of amides is 5. The van der Waals surface area contributed by atoms with E-state index in [-0.39, 0.29) is 31.7 Å². The highest BCUT2D eigenvalue weighted by molar-refractivity contribution is 5.95. The molecule has 2 aromatic rings. The van der Waals surface area contributed by atoms with Gasteiger partial charge in [0.15, 0.2) is 0 Å². The van der Waals surface area contributed by atoms with Gasteiger partial charge in [-0.05, 0) is 23.5 Å². The molecule has 0 spiro atoms. The molecule has 0 bridgehead atoms. The van der Waals surface area contributed by atoms with Crippen molar-refractivity contribution in [3.8, 4) is 0 Å². The van der Waals surface area contributed by atoms with Crippen molar-refractivity contribution in [2.75, 3.05) is 13.1 Å². The first-order valence-electron chi connectivity index (χ1n) is 14.8. The topological polar surface area (TPSA) is 226 Å². The van der Waals surface area contributed by atoms with Gasteiger partial charge in [-0.3, -0.25) is 28.8 Å². The first-order valence-corrected chi connectivity index (χ1v) is 14.8. The van der Waals surface area contributed by atoms with Gasteiger partial charge in [-0.15, -0.1) is 0 Å². The fraction of sp³-hybridized carbons (Fsp3) is 0.406. The molecule has 2 rings (SSSR count). The number of hydrogen-bond acceptors (Lipinski definition) is 8. The zero-order valence-corrected chi connectivity index (χ0v) is 25.9. The molecule has 0 aliphatic carbocycles. The van der Waals surface area contributed by atoms with E-state index in [0.29, 0.717) is 11.8 Å². The predicted octanol–water partition coefficient (Wildman–Crippen LogP) is -0.794. The molecule has 0 aliphatic rings. The molecule has 2 aromatic carbocycles. The third kappa shape index (κ3) is 13.7. The molecule has 0 saturated carbocycles. The van der Waals surface area contributed by atoms with Crippen LogP contribution in [0.15, 0.2) is 60.7 Å². The van der Waals surface area contributed by atoms with E-state index in [4.69, 9.17) is 10.8 Å². The Hall–Kier alpha value is -5.11. The molecular formula is C32H42N6O8. The van der Waals surface area contributed by atoms with E-state index in [0.717, 1.165) is 5.56 Å². The second-order valence-electron chi connectivity index (χ2n) is 11.1. The van der Waals surface area contributed by atoms with E-state index in [1.807, 2.05) is 19.9 Å². The van der Waals surface area contributed by atoms with E-state index >= 15 is 0 Å². The van der Waals surface area contributed by atoms with Crippen LogP contribution >= 0.6 is 0 Å². The second kappa shape index (κ2) is 19.3. The SMILES string of the molecule is CC(C)C[C@H](NC(=O)CNC(=O)[C@H](Cc1ccccc1)NC(=O)CN)C(=O)N[C@@H](Cc1ccccc1)C(=O)N[C@H](C=O)CC(=O)O. The van der Waals surface area contributed by atoms with Crippen LogP contribution in [0.25, 0.3) is 0 Å². The Balaban J connectivity index is 2.13. The summed E-state index contributed by atoms with van der Waals surface area (Å²) in [5.74, 6) is -4.69. The van der Waals surface area contributed by atoms with Crippen molar-refractivity contribution in [3.63, 3.8) is 0 Å². The van der Waals surface area contributed by atoms with E-state index < -0.39 is 72.6 Å². The van der Waals surface area contributed by atoms with E-state index in [2.05, 4.69) is 26.6 Å². The van der Waals surface area contributed by atoms with Crippen molar-refractivity contribution < 1.29 is 38.7 Å². The minimum atomic E-state index is -1.31. The average molecular weight is 639 g/mol. The molecule has 0 saturated heterocycles. The van der Waals surface area contributed by atoms with Crippen molar-refractivity contribution in [2.45, 2.75) is 63.7 Å². The lowest BCUT2D eigenvalue weighted by Gasteiger charge is -2.25. The van der Waals surface area contributed by atoms with E-state index in [9.17, 15) is 33.6 Å². The average Bonchev–Trinajstić information content (AvgIpc) is 3.02. The van der Waals surface area contributed by atoms with Crippen LogP contribution in [0, 0.1) is 5.92 Å². The molecule has 8 N–H and O–H groups in total. The fourth-order valence-electron chi connectivity index (χ4n) is 4.49. The quantitative estimate of drug-likeness (QED) is 0.0955. The highest BCUT2D eigenvalue weighted by atomic mass is 16.4. The summed E-state index contributed by atoms with van der Waals surface area (Å²) in [5.41, 5.74) is 6.85. The number of carbonyl (C=O) groups excluding carboxylic acids is 6. The van der Waals surface area contributed by atoms with Gasteiger partial charge in [0.1, 0.15) is 24.4 Å². The monoisotopic (exact) mass is 638 g/mol. The lowest BCUT2D eigenvalue weighted by atomic mass is 10.0. The number of carboxylic acid groups (broad SMARTS) is 1. The number of hydrogen-bond donors (Lipinski definition) is 7. The van der Waals surface area contributed by atoms with Gasteiger partial charge in [-0.25, -0.2) is 0 Å². The van der Waals surface area contributed by atoms with Gasteiger partial charge in [0, 0.05) is 12.8 Å². The molecule has 14 heteroatoms. The maximum atomic E-state index is 13.4. The van der Waals surface area contributed by atoms with Crippen LogP contribution in [0.1, 0.15) is 37.8 Å². The zero-order chi connectivity index (χ0) is 34.1. The highest BCUT2D eigenvalue weighted by Gasteiger charge is 2.29. The first kappa shape index (κ1) is 37.1. The maximum Gasteiger partial charge on any atom is 0.305 e. The van der Waals surface area contributed by atoms with Crippen LogP contribution in [-0.4, -0.2) is 84.2 Å². The van der Waals surface area contributed by atoms with E-state index in [1.54, 1.807) is 54.6 Å². The minimum absolute atomic E-state index is 0.0206. The number of aldehydes is 1. The normalized spacial score (nSPS) is 13.3. The van der Waals surface area contributed by atoms with Gasteiger partial charge in [-0.1, -0.05) is 74.5 Å². The van der Waals surface area contributed by atoms with Crippen LogP contribution in [0.5, 0.6) is 0 Å². The van der Waals surface area contributed by atoms with Crippen LogP contribution in [0.2, 0.25) is 0 Å². The Bertz CT molecular complexity index is 1340. The Morgan fingerprint density at radius 3 is 1.70 bits per heavy atom. The Labute approximate surface area is 267 Å². The zero-order valence-electron chi connectivity index (χ0n) is 25.9. The number of rotatable bonds is 19. The van der Waals surface area contributed by atoms with Crippen molar-refractivity contribution in [3.05, 3.63) is 71.8 Å². The lowest BCUT2D eigenvalue weighted by Crippen LogP contribution is -2.57. The molecule has 46 heavy (non-hydrogen) atoms. The van der Waals surface area contributed by atoms with Gasteiger partial charge in [0.05, 0.1) is 25.6 Å². The molecule has 0 aromatic heterocycles. The van der Waals surface area contributed by atoms with E-state index in [1.165, 1.54) is 0 Å². The summed E-state index contributed by atoms with van der Waals surface area (Å²) < 4.78 is 0. The lowest BCUT2D eigenvalue weighted by molar-refractivity contribution is -0.139. The molecule has 5 amide bonds. The molecule has 0 aliphatic heterocycles. The first-order chi connectivity index (χ1) is 21.9. The second-order valence-corrected chi connectivity index (χ2v) is 11.1. The number of nitrogens with two attached hydrogens (primary N) is 1. The van der Waals surface area contributed by atoms with Crippen molar-refractivity contribution >= 4 is 41.8 Å². The number of aliphatic carboxylic acids is 1. The number of nitrogens with one attached hydrogen (secondary N) is 5. The molecule has 0 fully saturated rings. The number of carboxylic acids is 1. The predicted molar refractivity (Wildman–Crippen MR) is 168 cm³/mol.